The summed E-state index contributed by atoms with van der Waals surface area (Å²) < 4.78 is 7.10. The van der Waals surface area contributed by atoms with Gasteiger partial charge in [0.2, 0.25) is 0 Å². The van der Waals surface area contributed by atoms with E-state index in [0.29, 0.717) is 25.5 Å². The fraction of sp³-hybridized carbons (Fsp3) is 0.308. The van der Waals surface area contributed by atoms with Crippen molar-refractivity contribution in [1.29, 1.82) is 0 Å². The summed E-state index contributed by atoms with van der Waals surface area (Å²) in [6.45, 7) is 1.73. The van der Waals surface area contributed by atoms with E-state index in [4.69, 9.17) is 4.74 Å². The number of ether oxygens (including phenoxy) is 1. The third-order valence-electron chi connectivity index (χ3n) is 2.59. The van der Waals surface area contributed by atoms with Crippen LogP contribution in [0.15, 0.2) is 41.2 Å². The predicted octanol–water partition coefficient (Wildman–Crippen LogP) is 1.95. The SMILES string of the molecule is O=c1ccc2ccccc2n1CCOCCS. The van der Waals surface area contributed by atoms with Gasteiger partial charge in [-0.05, 0) is 17.5 Å². The molecule has 0 aliphatic heterocycles. The molecular weight excluding hydrogens is 234 g/mol. The Balaban J connectivity index is 2.25. The number of aromatic nitrogens is 1. The van der Waals surface area contributed by atoms with Crippen LogP contribution in [0.1, 0.15) is 0 Å². The van der Waals surface area contributed by atoms with Gasteiger partial charge in [0.05, 0.1) is 18.7 Å². The molecule has 2 rings (SSSR count). The van der Waals surface area contributed by atoms with Crippen LogP contribution in [0.4, 0.5) is 0 Å². The number of hydrogen-bond donors (Lipinski definition) is 1. The summed E-state index contributed by atoms with van der Waals surface area (Å²) >= 11 is 4.07. The second-order valence-electron chi connectivity index (χ2n) is 3.72. The fourth-order valence-corrected chi connectivity index (χ4v) is 1.93. The van der Waals surface area contributed by atoms with E-state index in [-0.39, 0.29) is 5.56 Å². The molecule has 0 saturated heterocycles. The van der Waals surface area contributed by atoms with Crippen molar-refractivity contribution in [1.82, 2.24) is 4.57 Å². The van der Waals surface area contributed by atoms with Crippen LogP contribution in [-0.4, -0.2) is 23.5 Å². The largest absolute Gasteiger partial charge is 0.379 e. The molecule has 0 unspecified atom stereocenters. The van der Waals surface area contributed by atoms with Crippen LogP contribution in [0.3, 0.4) is 0 Å². The Morgan fingerprint density at radius 2 is 1.94 bits per heavy atom. The van der Waals surface area contributed by atoms with Crippen LogP contribution < -0.4 is 5.56 Å². The Bertz CT molecular complexity index is 550. The lowest BCUT2D eigenvalue weighted by Crippen LogP contribution is -2.22. The van der Waals surface area contributed by atoms with Crippen molar-refractivity contribution >= 4 is 23.5 Å². The van der Waals surface area contributed by atoms with Crippen molar-refractivity contribution in [3.63, 3.8) is 0 Å². The highest BCUT2D eigenvalue weighted by Gasteiger charge is 2.01. The van der Waals surface area contributed by atoms with Crippen LogP contribution >= 0.6 is 12.6 Å². The highest BCUT2D eigenvalue weighted by atomic mass is 32.1. The maximum absolute atomic E-state index is 11.8. The lowest BCUT2D eigenvalue weighted by Gasteiger charge is -2.09. The average Bonchev–Trinajstić information content (AvgIpc) is 2.37. The number of pyridine rings is 1. The normalized spacial score (nSPS) is 10.9. The van der Waals surface area contributed by atoms with Crippen LogP contribution in [0, 0.1) is 0 Å². The molecule has 0 spiro atoms. The van der Waals surface area contributed by atoms with Crippen LogP contribution in [0.25, 0.3) is 10.9 Å². The molecule has 90 valence electrons. The minimum absolute atomic E-state index is 0.0122. The third-order valence-corrected chi connectivity index (χ3v) is 2.78. The zero-order valence-electron chi connectivity index (χ0n) is 9.50. The first-order valence-electron chi connectivity index (χ1n) is 5.60. The fourth-order valence-electron chi connectivity index (χ4n) is 1.80. The second kappa shape index (κ2) is 5.89. The zero-order chi connectivity index (χ0) is 12.1. The van der Waals surface area contributed by atoms with Gasteiger partial charge < -0.3 is 9.30 Å². The molecule has 0 aliphatic rings. The van der Waals surface area contributed by atoms with Gasteiger partial charge >= 0.3 is 0 Å². The van der Waals surface area contributed by atoms with Gasteiger partial charge in [-0.1, -0.05) is 18.2 Å². The number of thiol groups is 1. The molecule has 1 heterocycles. The van der Waals surface area contributed by atoms with E-state index in [9.17, 15) is 4.79 Å². The molecule has 0 amide bonds. The van der Waals surface area contributed by atoms with E-state index >= 15 is 0 Å². The zero-order valence-corrected chi connectivity index (χ0v) is 10.4. The quantitative estimate of drug-likeness (QED) is 0.648. The van der Waals surface area contributed by atoms with Crippen molar-refractivity contribution < 1.29 is 4.74 Å². The van der Waals surface area contributed by atoms with Gasteiger partial charge in [-0.3, -0.25) is 4.79 Å². The summed E-state index contributed by atoms with van der Waals surface area (Å²) in [6, 6.07) is 11.3. The molecule has 0 atom stereocenters. The summed E-state index contributed by atoms with van der Waals surface area (Å²) in [5.74, 6) is 0.699. The molecule has 3 nitrogen and oxygen atoms in total. The Kier molecular flexibility index (Phi) is 4.23. The third kappa shape index (κ3) is 2.90. The lowest BCUT2D eigenvalue weighted by atomic mass is 10.2. The van der Waals surface area contributed by atoms with E-state index in [2.05, 4.69) is 12.6 Å². The molecule has 4 heteroatoms. The van der Waals surface area contributed by atoms with Crippen molar-refractivity contribution in [3.05, 3.63) is 46.8 Å². The Labute approximate surface area is 105 Å². The molecular formula is C13H15NO2S. The number of benzene rings is 1. The van der Waals surface area contributed by atoms with E-state index < -0.39 is 0 Å². The highest BCUT2D eigenvalue weighted by Crippen LogP contribution is 2.10. The van der Waals surface area contributed by atoms with Gasteiger partial charge in [0.15, 0.2) is 0 Å². The highest BCUT2D eigenvalue weighted by molar-refractivity contribution is 7.80. The molecule has 0 radical (unpaired) electrons. The first kappa shape index (κ1) is 12.2. The number of fused-ring (bicyclic) bond motifs is 1. The van der Waals surface area contributed by atoms with Crippen LogP contribution in [0.5, 0.6) is 0 Å². The van der Waals surface area contributed by atoms with Crippen LogP contribution in [0.2, 0.25) is 0 Å². The lowest BCUT2D eigenvalue weighted by molar-refractivity contribution is 0.141. The van der Waals surface area contributed by atoms with Gasteiger partial charge in [-0.15, -0.1) is 0 Å². The topological polar surface area (TPSA) is 31.2 Å². The second-order valence-corrected chi connectivity index (χ2v) is 4.17. The van der Waals surface area contributed by atoms with Gasteiger partial charge in [0, 0.05) is 18.4 Å². The number of hydrogen-bond acceptors (Lipinski definition) is 3. The standard InChI is InChI=1S/C13H15NO2S/c15-13-6-5-11-3-1-2-4-12(11)14(13)7-8-16-9-10-17/h1-6,17H,7-10H2. The monoisotopic (exact) mass is 249 g/mol. The number of para-hydroxylation sites is 1. The number of nitrogens with zero attached hydrogens (tertiary/aromatic N) is 1. The molecule has 0 fully saturated rings. The molecule has 1 aromatic carbocycles. The van der Waals surface area contributed by atoms with Crippen molar-refractivity contribution in [2.75, 3.05) is 19.0 Å². The molecule has 2 aromatic rings. The molecule has 0 N–H and O–H groups in total. The Hall–Kier alpha value is -1.26. The molecule has 0 bridgehead atoms. The van der Waals surface area contributed by atoms with Crippen molar-refractivity contribution in [3.8, 4) is 0 Å². The van der Waals surface area contributed by atoms with Gasteiger partial charge in [0.1, 0.15) is 0 Å². The summed E-state index contributed by atoms with van der Waals surface area (Å²) in [5, 5.41) is 1.07. The van der Waals surface area contributed by atoms with E-state index in [1.807, 2.05) is 30.3 Å². The molecule has 0 aliphatic carbocycles. The average molecular weight is 249 g/mol. The van der Waals surface area contributed by atoms with Gasteiger partial charge in [-0.25, -0.2) is 0 Å². The maximum atomic E-state index is 11.8. The minimum Gasteiger partial charge on any atom is -0.379 e. The Morgan fingerprint density at radius 1 is 1.12 bits per heavy atom. The molecule has 1 aromatic heterocycles. The first-order valence-corrected chi connectivity index (χ1v) is 6.23. The first-order chi connectivity index (χ1) is 8.33. The summed E-state index contributed by atoms with van der Waals surface area (Å²) in [5.41, 5.74) is 0.965. The smallest absolute Gasteiger partial charge is 0.251 e. The molecule has 0 saturated carbocycles. The summed E-state index contributed by atoms with van der Waals surface area (Å²) in [7, 11) is 0. The minimum atomic E-state index is 0.0122. The predicted molar refractivity (Wildman–Crippen MR) is 72.9 cm³/mol. The number of rotatable bonds is 5. The van der Waals surface area contributed by atoms with Gasteiger partial charge in [0.25, 0.3) is 5.56 Å². The summed E-state index contributed by atoms with van der Waals surface area (Å²) in [4.78, 5) is 11.8. The van der Waals surface area contributed by atoms with Crippen LogP contribution in [-0.2, 0) is 11.3 Å². The van der Waals surface area contributed by atoms with E-state index in [0.717, 1.165) is 10.9 Å². The van der Waals surface area contributed by atoms with Crippen molar-refractivity contribution in [2.45, 2.75) is 6.54 Å². The van der Waals surface area contributed by atoms with Gasteiger partial charge in [-0.2, -0.15) is 12.6 Å². The molecule has 17 heavy (non-hydrogen) atoms. The summed E-state index contributed by atoms with van der Waals surface area (Å²) in [6.07, 6.45) is 0. The van der Waals surface area contributed by atoms with E-state index in [1.54, 1.807) is 10.6 Å². The Morgan fingerprint density at radius 3 is 2.76 bits per heavy atom. The maximum Gasteiger partial charge on any atom is 0.251 e. The van der Waals surface area contributed by atoms with E-state index in [1.165, 1.54) is 0 Å². The van der Waals surface area contributed by atoms with Crippen molar-refractivity contribution in [2.24, 2.45) is 0 Å².